The Bertz CT molecular complexity index is 772. The van der Waals surface area contributed by atoms with Gasteiger partial charge in [0.1, 0.15) is 0 Å². The van der Waals surface area contributed by atoms with Crippen LogP contribution in [0.4, 0.5) is 0 Å². The Hall–Kier alpha value is -1.89. The van der Waals surface area contributed by atoms with Crippen LogP contribution in [0.25, 0.3) is 0 Å². The molecular formula is C16H17ClN2O3S. The molecule has 2 aromatic carbocycles. The summed E-state index contributed by atoms with van der Waals surface area (Å²) in [5, 5.41) is 0.486. The molecule has 7 heteroatoms. The van der Waals surface area contributed by atoms with Crippen LogP contribution < -0.4 is 10.5 Å². The molecule has 0 saturated carbocycles. The Kier molecular flexibility index (Phi) is 5.76. The van der Waals surface area contributed by atoms with Crippen molar-refractivity contribution in [3.05, 3.63) is 64.7 Å². The van der Waals surface area contributed by atoms with Crippen molar-refractivity contribution in [3.63, 3.8) is 0 Å². The van der Waals surface area contributed by atoms with Crippen LogP contribution >= 0.6 is 11.6 Å². The second-order valence-corrected chi connectivity index (χ2v) is 7.26. The molecular weight excluding hydrogens is 336 g/mol. The van der Waals surface area contributed by atoms with E-state index in [-0.39, 0.29) is 23.8 Å². The average Bonchev–Trinajstić information content (AvgIpc) is 2.49. The van der Waals surface area contributed by atoms with E-state index >= 15 is 0 Å². The van der Waals surface area contributed by atoms with Crippen molar-refractivity contribution in [2.45, 2.75) is 17.7 Å². The third kappa shape index (κ3) is 5.35. The van der Waals surface area contributed by atoms with Crippen LogP contribution in [0.15, 0.2) is 53.4 Å². The van der Waals surface area contributed by atoms with Gasteiger partial charge in [-0.2, -0.15) is 0 Å². The summed E-state index contributed by atoms with van der Waals surface area (Å²) in [6, 6.07) is 13.3. The van der Waals surface area contributed by atoms with Gasteiger partial charge in [-0.1, -0.05) is 35.9 Å². The largest absolute Gasteiger partial charge is 0.369 e. The van der Waals surface area contributed by atoms with E-state index in [0.29, 0.717) is 11.4 Å². The summed E-state index contributed by atoms with van der Waals surface area (Å²) in [5.41, 5.74) is 6.94. The maximum atomic E-state index is 12.1. The highest BCUT2D eigenvalue weighted by Crippen LogP contribution is 2.14. The summed E-state index contributed by atoms with van der Waals surface area (Å²) < 4.78 is 26.8. The minimum atomic E-state index is -3.54. The van der Waals surface area contributed by atoms with Gasteiger partial charge in [0.15, 0.2) is 0 Å². The SMILES string of the molecule is NC(=O)Cc1ccc(CCNS(=O)(=O)c2ccc(Cl)cc2)cc1. The maximum absolute atomic E-state index is 12.1. The maximum Gasteiger partial charge on any atom is 0.240 e. The molecule has 2 rings (SSSR count). The molecule has 23 heavy (non-hydrogen) atoms. The van der Waals surface area contributed by atoms with E-state index in [1.54, 1.807) is 0 Å². The molecule has 0 heterocycles. The number of nitrogens with two attached hydrogens (primary N) is 1. The number of carbonyl (C=O) groups excluding carboxylic acids is 1. The van der Waals surface area contributed by atoms with Gasteiger partial charge < -0.3 is 5.73 Å². The lowest BCUT2D eigenvalue weighted by Gasteiger charge is -2.07. The molecule has 0 radical (unpaired) electrons. The predicted octanol–water partition coefficient (Wildman–Crippen LogP) is 1.89. The van der Waals surface area contributed by atoms with Gasteiger partial charge in [-0.05, 0) is 41.8 Å². The average molecular weight is 353 g/mol. The number of halogens is 1. The lowest BCUT2D eigenvalue weighted by atomic mass is 10.1. The highest BCUT2D eigenvalue weighted by molar-refractivity contribution is 7.89. The van der Waals surface area contributed by atoms with E-state index in [1.165, 1.54) is 24.3 Å². The lowest BCUT2D eigenvalue weighted by Crippen LogP contribution is -2.25. The summed E-state index contributed by atoms with van der Waals surface area (Å²) in [4.78, 5) is 11.0. The van der Waals surface area contributed by atoms with Crippen molar-refractivity contribution < 1.29 is 13.2 Å². The molecule has 0 unspecified atom stereocenters. The Morgan fingerprint density at radius 2 is 1.57 bits per heavy atom. The van der Waals surface area contributed by atoms with Crippen LogP contribution in [0, 0.1) is 0 Å². The molecule has 5 nitrogen and oxygen atoms in total. The van der Waals surface area contributed by atoms with Crippen molar-refractivity contribution in [3.8, 4) is 0 Å². The van der Waals surface area contributed by atoms with Crippen LogP contribution in [0.5, 0.6) is 0 Å². The fraction of sp³-hybridized carbons (Fsp3) is 0.188. The van der Waals surface area contributed by atoms with Gasteiger partial charge in [0.2, 0.25) is 15.9 Å². The van der Waals surface area contributed by atoms with E-state index in [9.17, 15) is 13.2 Å². The van der Waals surface area contributed by atoms with Crippen molar-refractivity contribution in [2.24, 2.45) is 5.73 Å². The first-order chi connectivity index (χ1) is 10.9. The molecule has 2 aromatic rings. The third-order valence-electron chi connectivity index (χ3n) is 3.23. The summed E-state index contributed by atoms with van der Waals surface area (Å²) in [5.74, 6) is -0.381. The second-order valence-electron chi connectivity index (χ2n) is 5.06. The summed E-state index contributed by atoms with van der Waals surface area (Å²) in [6.07, 6.45) is 0.743. The Morgan fingerprint density at radius 3 is 2.13 bits per heavy atom. The highest BCUT2D eigenvalue weighted by atomic mass is 35.5. The summed E-state index contributed by atoms with van der Waals surface area (Å²) in [7, 11) is -3.54. The van der Waals surface area contributed by atoms with E-state index in [0.717, 1.165) is 11.1 Å². The Morgan fingerprint density at radius 1 is 1.00 bits per heavy atom. The topological polar surface area (TPSA) is 89.3 Å². The van der Waals surface area contributed by atoms with Gasteiger partial charge >= 0.3 is 0 Å². The number of amides is 1. The zero-order valence-corrected chi connectivity index (χ0v) is 13.9. The molecule has 0 aliphatic rings. The minimum absolute atomic E-state index is 0.179. The summed E-state index contributed by atoms with van der Waals surface area (Å²) in [6.45, 7) is 0.278. The number of hydrogen-bond donors (Lipinski definition) is 2. The molecule has 0 aromatic heterocycles. The number of primary amides is 1. The zero-order valence-electron chi connectivity index (χ0n) is 12.3. The first kappa shape index (κ1) is 17.5. The molecule has 0 fully saturated rings. The number of hydrogen-bond acceptors (Lipinski definition) is 3. The first-order valence-corrected chi connectivity index (χ1v) is 8.84. The molecule has 122 valence electrons. The molecule has 1 amide bonds. The molecule has 3 N–H and O–H groups in total. The minimum Gasteiger partial charge on any atom is -0.369 e. The monoisotopic (exact) mass is 352 g/mol. The van der Waals surface area contributed by atoms with E-state index in [1.807, 2.05) is 24.3 Å². The summed E-state index contributed by atoms with van der Waals surface area (Å²) >= 11 is 5.75. The fourth-order valence-corrected chi connectivity index (χ4v) is 3.21. The Balaban J connectivity index is 1.91. The number of rotatable bonds is 7. The van der Waals surface area contributed by atoms with Gasteiger partial charge in [-0.25, -0.2) is 13.1 Å². The van der Waals surface area contributed by atoms with E-state index in [2.05, 4.69) is 4.72 Å². The van der Waals surface area contributed by atoms with Crippen LogP contribution in [-0.2, 0) is 27.7 Å². The molecule has 0 spiro atoms. The molecule has 0 aliphatic heterocycles. The van der Waals surface area contributed by atoms with E-state index < -0.39 is 10.0 Å². The van der Waals surface area contributed by atoms with Crippen LogP contribution in [-0.4, -0.2) is 20.9 Å². The third-order valence-corrected chi connectivity index (χ3v) is 4.96. The van der Waals surface area contributed by atoms with Crippen LogP contribution in [0.1, 0.15) is 11.1 Å². The standard InChI is InChI=1S/C16H17ClN2O3S/c17-14-5-7-15(8-6-14)23(21,22)19-10-9-12-1-3-13(4-2-12)11-16(18)20/h1-8,19H,9-11H2,(H2,18,20). The molecule has 0 aliphatic carbocycles. The van der Waals surface area contributed by atoms with Gasteiger partial charge in [0.25, 0.3) is 0 Å². The lowest BCUT2D eigenvalue weighted by molar-refractivity contribution is -0.117. The fourth-order valence-electron chi connectivity index (χ4n) is 2.05. The number of nitrogens with one attached hydrogen (secondary N) is 1. The van der Waals surface area contributed by atoms with Crippen molar-refractivity contribution >= 4 is 27.5 Å². The van der Waals surface area contributed by atoms with Gasteiger partial charge in [-0.3, -0.25) is 4.79 Å². The second kappa shape index (κ2) is 7.59. The van der Waals surface area contributed by atoms with Gasteiger partial charge in [0.05, 0.1) is 11.3 Å². The number of benzene rings is 2. The van der Waals surface area contributed by atoms with Crippen molar-refractivity contribution in [1.82, 2.24) is 4.72 Å². The van der Waals surface area contributed by atoms with Crippen molar-refractivity contribution in [2.75, 3.05) is 6.54 Å². The van der Waals surface area contributed by atoms with Gasteiger partial charge in [-0.15, -0.1) is 0 Å². The normalized spacial score (nSPS) is 11.3. The Labute approximate surface area is 140 Å². The quantitative estimate of drug-likeness (QED) is 0.797. The molecule has 0 atom stereocenters. The van der Waals surface area contributed by atoms with E-state index in [4.69, 9.17) is 17.3 Å². The van der Waals surface area contributed by atoms with Crippen LogP contribution in [0.3, 0.4) is 0 Å². The number of carbonyl (C=O) groups is 1. The molecule has 0 bridgehead atoms. The van der Waals surface area contributed by atoms with Gasteiger partial charge in [0, 0.05) is 11.6 Å². The van der Waals surface area contributed by atoms with Crippen molar-refractivity contribution in [1.29, 1.82) is 0 Å². The molecule has 0 saturated heterocycles. The first-order valence-electron chi connectivity index (χ1n) is 6.98. The zero-order chi connectivity index (χ0) is 16.9. The van der Waals surface area contributed by atoms with Crippen LogP contribution in [0.2, 0.25) is 5.02 Å². The predicted molar refractivity (Wildman–Crippen MR) is 89.7 cm³/mol. The number of sulfonamides is 1. The highest BCUT2D eigenvalue weighted by Gasteiger charge is 2.12. The smallest absolute Gasteiger partial charge is 0.240 e.